The Morgan fingerprint density at radius 3 is 2.15 bits per heavy atom. The molecule has 2 rings (SSSR count). The molecule has 0 aliphatic carbocycles. The molecule has 0 bridgehead atoms. The van der Waals surface area contributed by atoms with Gasteiger partial charge in [0.1, 0.15) is 11.5 Å². The van der Waals surface area contributed by atoms with Crippen LogP contribution in [0.15, 0.2) is 42.5 Å². The van der Waals surface area contributed by atoms with Crippen LogP contribution in [0.4, 0.5) is 32.0 Å². The smallest absolute Gasteiger partial charge is 0.494 e. The number of halogens is 6. The van der Waals surface area contributed by atoms with E-state index in [1.165, 1.54) is 37.4 Å². The molecular weight excluding hydrogens is 380 g/mol. The molecule has 0 heterocycles. The Balaban J connectivity index is 2.47. The van der Waals surface area contributed by atoms with Crippen LogP contribution in [0, 0.1) is 0 Å². The van der Waals surface area contributed by atoms with Gasteiger partial charge >= 0.3 is 12.5 Å². The molecule has 1 unspecified atom stereocenters. The number of anilines is 1. The van der Waals surface area contributed by atoms with Crippen molar-refractivity contribution in [1.82, 2.24) is 0 Å². The zero-order valence-corrected chi connectivity index (χ0v) is 14.1. The predicted molar refractivity (Wildman–Crippen MR) is 85.4 cm³/mol. The van der Waals surface area contributed by atoms with Crippen LogP contribution in [-0.2, 0) is 0 Å². The van der Waals surface area contributed by atoms with Crippen LogP contribution in [0.1, 0.15) is 6.92 Å². The molecule has 2 aromatic carbocycles. The molecule has 27 heavy (non-hydrogen) atoms. The van der Waals surface area contributed by atoms with Gasteiger partial charge in [-0.1, -0.05) is 24.3 Å². The summed E-state index contributed by atoms with van der Waals surface area (Å²) in [5.41, 5.74) is -3.03. The Morgan fingerprint density at radius 2 is 1.59 bits per heavy atom. The number of alkyl halides is 6. The summed E-state index contributed by atoms with van der Waals surface area (Å²) in [5, 5.41) is 11.6. The monoisotopic (exact) mass is 395 g/mol. The number of hydrogen-bond acceptors (Lipinski definition) is 4. The SMILES string of the molecule is COc1c(NC(C)(O)C(F)(F)F)cccc1-c1cccc(OC(F)(F)F)c1. The minimum atomic E-state index is -4.98. The largest absolute Gasteiger partial charge is 0.573 e. The quantitative estimate of drug-likeness (QED) is 0.556. The van der Waals surface area contributed by atoms with Gasteiger partial charge in [0.15, 0.2) is 0 Å². The van der Waals surface area contributed by atoms with Gasteiger partial charge in [-0.2, -0.15) is 13.2 Å². The van der Waals surface area contributed by atoms with E-state index in [9.17, 15) is 31.4 Å². The molecule has 0 aliphatic rings. The molecular formula is C17H15F6NO3. The lowest BCUT2D eigenvalue weighted by Gasteiger charge is -2.29. The number of para-hydroxylation sites is 1. The maximum atomic E-state index is 12.9. The highest BCUT2D eigenvalue weighted by molar-refractivity contribution is 5.79. The van der Waals surface area contributed by atoms with Crippen LogP contribution < -0.4 is 14.8 Å². The number of ether oxygens (including phenoxy) is 2. The molecule has 1 atom stereocenters. The van der Waals surface area contributed by atoms with E-state index in [0.29, 0.717) is 6.92 Å². The molecule has 0 aromatic heterocycles. The molecule has 0 saturated heterocycles. The number of rotatable bonds is 5. The van der Waals surface area contributed by atoms with E-state index < -0.39 is 24.0 Å². The van der Waals surface area contributed by atoms with E-state index in [0.717, 1.165) is 12.1 Å². The van der Waals surface area contributed by atoms with Crippen molar-refractivity contribution in [2.45, 2.75) is 25.2 Å². The fourth-order valence-corrected chi connectivity index (χ4v) is 2.28. The first-order chi connectivity index (χ1) is 12.3. The van der Waals surface area contributed by atoms with Crippen LogP contribution in [0.5, 0.6) is 11.5 Å². The van der Waals surface area contributed by atoms with E-state index in [1.807, 2.05) is 5.32 Å². The molecule has 2 N–H and O–H groups in total. The Labute approximate surface area is 150 Å². The minimum absolute atomic E-state index is 0.0915. The van der Waals surface area contributed by atoms with Gasteiger partial charge in [0.05, 0.1) is 12.8 Å². The van der Waals surface area contributed by atoms with Crippen LogP contribution in [0.25, 0.3) is 11.1 Å². The number of aliphatic hydroxyl groups is 1. The highest BCUT2D eigenvalue weighted by atomic mass is 19.4. The lowest BCUT2D eigenvalue weighted by Crippen LogP contribution is -2.49. The second kappa shape index (κ2) is 7.18. The second-order valence-electron chi connectivity index (χ2n) is 5.66. The van der Waals surface area contributed by atoms with E-state index in [2.05, 4.69) is 4.74 Å². The molecule has 0 aliphatic heterocycles. The summed E-state index contributed by atoms with van der Waals surface area (Å²) in [6.45, 7) is 0.525. The zero-order chi connectivity index (χ0) is 20.5. The van der Waals surface area contributed by atoms with E-state index in [1.54, 1.807) is 0 Å². The van der Waals surface area contributed by atoms with E-state index >= 15 is 0 Å². The van der Waals surface area contributed by atoms with Gasteiger partial charge in [-0.05, 0) is 30.7 Å². The summed E-state index contributed by atoms with van der Waals surface area (Å²) in [4.78, 5) is 0. The summed E-state index contributed by atoms with van der Waals surface area (Å²) in [5.74, 6) is -0.589. The number of hydrogen-bond donors (Lipinski definition) is 2. The van der Waals surface area contributed by atoms with Crippen LogP contribution in [0.2, 0.25) is 0 Å². The fourth-order valence-electron chi connectivity index (χ4n) is 2.28. The van der Waals surface area contributed by atoms with Gasteiger partial charge in [-0.25, -0.2) is 0 Å². The first kappa shape index (κ1) is 20.7. The third-order valence-corrected chi connectivity index (χ3v) is 3.53. The Morgan fingerprint density at radius 1 is 0.963 bits per heavy atom. The molecule has 0 spiro atoms. The van der Waals surface area contributed by atoms with Gasteiger partial charge in [-0.3, -0.25) is 0 Å². The Kier molecular flexibility index (Phi) is 5.50. The average molecular weight is 395 g/mol. The van der Waals surface area contributed by atoms with Crippen LogP contribution in [0.3, 0.4) is 0 Å². The highest BCUT2D eigenvalue weighted by Gasteiger charge is 2.50. The third-order valence-electron chi connectivity index (χ3n) is 3.53. The van der Waals surface area contributed by atoms with Crippen molar-refractivity contribution in [2.24, 2.45) is 0 Å². The summed E-state index contributed by atoms with van der Waals surface area (Å²) in [6.07, 6.45) is -9.87. The summed E-state index contributed by atoms with van der Waals surface area (Å²) in [7, 11) is 1.18. The molecule has 4 nitrogen and oxygen atoms in total. The first-order valence-electron chi connectivity index (χ1n) is 7.44. The lowest BCUT2D eigenvalue weighted by molar-refractivity contribution is -0.274. The lowest BCUT2D eigenvalue weighted by atomic mass is 10.0. The van der Waals surface area contributed by atoms with Gasteiger partial charge in [0.25, 0.3) is 0 Å². The fraction of sp³-hybridized carbons (Fsp3) is 0.294. The van der Waals surface area contributed by atoms with Gasteiger partial charge < -0.3 is 19.9 Å². The molecule has 0 radical (unpaired) electrons. The van der Waals surface area contributed by atoms with Gasteiger partial charge in [-0.15, -0.1) is 13.2 Å². The van der Waals surface area contributed by atoms with Crippen molar-refractivity contribution in [2.75, 3.05) is 12.4 Å². The van der Waals surface area contributed by atoms with Crippen molar-refractivity contribution in [1.29, 1.82) is 0 Å². The maximum absolute atomic E-state index is 12.9. The summed E-state index contributed by atoms with van der Waals surface area (Å²) >= 11 is 0. The molecule has 10 heteroatoms. The van der Waals surface area contributed by atoms with Crippen molar-refractivity contribution >= 4 is 5.69 Å². The van der Waals surface area contributed by atoms with Crippen molar-refractivity contribution < 1.29 is 40.9 Å². The highest BCUT2D eigenvalue weighted by Crippen LogP contribution is 2.41. The number of benzene rings is 2. The molecule has 2 aromatic rings. The van der Waals surface area contributed by atoms with Crippen LogP contribution in [-0.4, -0.2) is 30.5 Å². The number of methoxy groups -OCH3 is 1. The second-order valence-corrected chi connectivity index (χ2v) is 5.66. The molecule has 0 fully saturated rings. The van der Waals surface area contributed by atoms with Crippen molar-refractivity contribution in [3.63, 3.8) is 0 Å². The van der Waals surface area contributed by atoms with Gasteiger partial charge in [0.2, 0.25) is 5.72 Å². The normalized spacial score (nSPS) is 14.4. The molecule has 0 saturated carbocycles. The summed E-state index contributed by atoms with van der Waals surface area (Å²) < 4.78 is 84.9. The van der Waals surface area contributed by atoms with E-state index in [4.69, 9.17) is 4.74 Å². The van der Waals surface area contributed by atoms with Gasteiger partial charge in [0, 0.05) is 5.56 Å². The predicted octanol–water partition coefficient (Wildman–Crippen LogP) is 4.94. The number of nitrogens with one attached hydrogen (secondary N) is 1. The average Bonchev–Trinajstić information content (AvgIpc) is 2.52. The maximum Gasteiger partial charge on any atom is 0.573 e. The minimum Gasteiger partial charge on any atom is -0.494 e. The third kappa shape index (κ3) is 4.97. The Bertz CT molecular complexity index is 802. The summed E-state index contributed by atoms with van der Waals surface area (Å²) in [6, 6.07) is 8.92. The first-order valence-corrected chi connectivity index (χ1v) is 7.44. The molecule has 148 valence electrons. The van der Waals surface area contributed by atoms with Crippen LogP contribution >= 0.6 is 0 Å². The standard InChI is InChI=1S/C17H15F6NO3/c1-15(25,16(18,19)20)24-13-8-4-7-12(14(13)26-2)10-5-3-6-11(9-10)27-17(21,22)23/h3-9,24-25H,1-2H3. The van der Waals surface area contributed by atoms with E-state index in [-0.39, 0.29) is 22.6 Å². The zero-order valence-electron chi connectivity index (χ0n) is 14.1. The van der Waals surface area contributed by atoms with Crippen molar-refractivity contribution in [3.05, 3.63) is 42.5 Å². The van der Waals surface area contributed by atoms with Crippen molar-refractivity contribution in [3.8, 4) is 22.6 Å². The molecule has 0 amide bonds. The topological polar surface area (TPSA) is 50.7 Å². The Hall–Kier alpha value is -2.62.